The lowest BCUT2D eigenvalue weighted by Crippen LogP contribution is -2.44. The normalized spacial score (nSPS) is 17.1. The topological polar surface area (TPSA) is 73.9 Å². The highest BCUT2D eigenvalue weighted by Gasteiger charge is 2.32. The summed E-state index contributed by atoms with van der Waals surface area (Å²) in [5, 5.41) is 5.70. The molecule has 2 atom stereocenters. The van der Waals surface area contributed by atoms with Crippen LogP contribution >= 0.6 is 0 Å². The number of hydrogen-bond acceptors (Lipinski definition) is 4. The number of likely N-dealkylation sites (tertiary alicyclic amines) is 1. The van der Waals surface area contributed by atoms with Gasteiger partial charge in [0, 0.05) is 50.4 Å². The van der Waals surface area contributed by atoms with E-state index < -0.39 is 0 Å². The minimum absolute atomic E-state index is 0.129. The van der Waals surface area contributed by atoms with Crippen LogP contribution < -0.4 is 15.4 Å². The summed E-state index contributed by atoms with van der Waals surface area (Å²) in [4.78, 5) is 28.7. The Morgan fingerprint density at radius 2 is 1.94 bits per heavy atom. The van der Waals surface area contributed by atoms with Crippen LogP contribution in [0, 0.1) is 0 Å². The largest absolute Gasteiger partial charge is 0.494 e. The predicted molar refractivity (Wildman–Crippen MR) is 124 cm³/mol. The third-order valence-electron chi connectivity index (χ3n) is 5.83. The quantitative estimate of drug-likeness (QED) is 0.693. The minimum atomic E-state index is -0.178. The monoisotopic (exact) mass is 424 g/mol. The van der Waals surface area contributed by atoms with Gasteiger partial charge >= 0.3 is 6.03 Å². The fraction of sp³-hybridized carbons (Fsp3) is 0.417. The maximum Gasteiger partial charge on any atom is 0.322 e. The molecule has 0 spiro atoms. The zero-order chi connectivity index (χ0) is 22.4. The Hall–Kier alpha value is -3.06. The first-order valence-corrected chi connectivity index (χ1v) is 10.7. The highest BCUT2D eigenvalue weighted by Crippen LogP contribution is 2.29. The molecule has 31 heavy (non-hydrogen) atoms. The molecule has 0 radical (unpaired) electrons. The average Bonchev–Trinajstić information content (AvgIpc) is 3.24. The second-order valence-electron chi connectivity index (χ2n) is 7.84. The van der Waals surface area contributed by atoms with E-state index in [1.54, 1.807) is 18.2 Å². The van der Waals surface area contributed by atoms with Gasteiger partial charge in [0.2, 0.25) is 5.91 Å². The first-order chi connectivity index (χ1) is 14.9. The van der Waals surface area contributed by atoms with Crippen LogP contribution in [0.1, 0.15) is 38.8 Å². The first kappa shape index (κ1) is 22.6. The number of ether oxygens (including phenoxy) is 1. The van der Waals surface area contributed by atoms with E-state index in [0.717, 1.165) is 19.5 Å². The molecule has 3 amide bonds. The summed E-state index contributed by atoms with van der Waals surface area (Å²) in [6.07, 6.45) is 0.948. The van der Waals surface area contributed by atoms with Gasteiger partial charge < -0.3 is 20.3 Å². The highest BCUT2D eigenvalue weighted by molar-refractivity contribution is 5.93. The summed E-state index contributed by atoms with van der Waals surface area (Å²) >= 11 is 0. The van der Waals surface area contributed by atoms with E-state index in [0.29, 0.717) is 29.7 Å². The number of urea groups is 1. The summed E-state index contributed by atoms with van der Waals surface area (Å²) in [6, 6.07) is 16.0. The Morgan fingerprint density at radius 1 is 1.19 bits per heavy atom. The van der Waals surface area contributed by atoms with Gasteiger partial charge in [0.15, 0.2) is 0 Å². The van der Waals surface area contributed by atoms with Crippen molar-refractivity contribution in [1.82, 2.24) is 9.80 Å². The zero-order valence-electron chi connectivity index (χ0n) is 18.7. The number of nitrogens with zero attached hydrogens (tertiary/aromatic N) is 2. The molecule has 0 aromatic heterocycles. The maximum absolute atomic E-state index is 13.0. The van der Waals surface area contributed by atoms with E-state index in [-0.39, 0.29) is 18.0 Å². The van der Waals surface area contributed by atoms with Crippen LogP contribution in [0.25, 0.3) is 0 Å². The number of benzene rings is 2. The first-order valence-electron chi connectivity index (χ1n) is 10.7. The highest BCUT2D eigenvalue weighted by atomic mass is 16.5. The molecule has 1 saturated heterocycles. The summed E-state index contributed by atoms with van der Waals surface area (Å²) in [6.45, 7) is 8.11. The van der Waals surface area contributed by atoms with Crippen molar-refractivity contribution in [3.8, 4) is 5.75 Å². The van der Waals surface area contributed by atoms with E-state index in [1.165, 1.54) is 19.6 Å². The van der Waals surface area contributed by atoms with Crippen LogP contribution in [0.4, 0.5) is 16.2 Å². The van der Waals surface area contributed by atoms with E-state index in [1.807, 2.05) is 17.9 Å². The number of amides is 3. The van der Waals surface area contributed by atoms with Gasteiger partial charge in [-0.25, -0.2) is 4.79 Å². The van der Waals surface area contributed by atoms with Gasteiger partial charge in [-0.2, -0.15) is 0 Å². The van der Waals surface area contributed by atoms with Crippen molar-refractivity contribution < 1.29 is 14.3 Å². The molecule has 2 N–H and O–H groups in total. The standard InChI is InChI=1S/C24H32N4O3/c1-5-28(21-13-14-27(16-21)17(2)19-9-7-6-8-10-19)24(30)26-20-11-12-22(25-18(3)29)23(15-20)31-4/h6-12,15,17,21H,5,13-14,16H2,1-4H3,(H,25,29)(H,26,30). The number of likely N-dealkylation sites (N-methyl/N-ethyl adjacent to an activating group) is 1. The van der Waals surface area contributed by atoms with Gasteiger partial charge in [0.05, 0.1) is 12.8 Å². The number of carbonyl (C=O) groups excluding carboxylic acids is 2. The Kier molecular flexibility index (Phi) is 7.52. The Balaban J connectivity index is 1.65. The molecular formula is C24H32N4O3. The van der Waals surface area contributed by atoms with E-state index in [4.69, 9.17) is 4.74 Å². The van der Waals surface area contributed by atoms with Gasteiger partial charge in [-0.3, -0.25) is 9.69 Å². The van der Waals surface area contributed by atoms with E-state index in [9.17, 15) is 9.59 Å². The van der Waals surface area contributed by atoms with E-state index in [2.05, 4.69) is 46.7 Å². The van der Waals surface area contributed by atoms with Gasteiger partial charge in [-0.1, -0.05) is 30.3 Å². The predicted octanol–water partition coefficient (Wildman–Crippen LogP) is 4.34. The smallest absolute Gasteiger partial charge is 0.322 e. The van der Waals surface area contributed by atoms with Crippen molar-refractivity contribution in [3.05, 3.63) is 54.1 Å². The van der Waals surface area contributed by atoms with Crippen LogP contribution in [0.3, 0.4) is 0 Å². The number of methoxy groups -OCH3 is 1. The zero-order valence-corrected chi connectivity index (χ0v) is 18.7. The molecule has 2 unspecified atom stereocenters. The molecule has 3 rings (SSSR count). The van der Waals surface area contributed by atoms with Gasteiger partial charge in [0.25, 0.3) is 0 Å². The summed E-state index contributed by atoms with van der Waals surface area (Å²) in [7, 11) is 1.53. The molecule has 1 fully saturated rings. The van der Waals surface area contributed by atoms with Crippen molar-refractivity contribution >= 4 is 23.3 Å². The lowest BCUT2D eigenvalue weighted by Gasteiger charge is -2.30. The van der Waals surface area contributed by atoms with Gasteiger partial charge in [-0.05, 0) is 38.0 Å². The van der Waals surface area contributed by atoms with Crippen molar-refractivity contribution in [2.45, 2.75) is 39.3 Å². The summed E-state index contributed by atoms with van der Waals surface area (Å²) in [5.74, 6) is 0.322. The van der Waals surface area contributed by atoms with Crippen molar-refractivity contribution in [1.29, 1.82) is 0 Å². The second-order valence-corrected chi connectivity index (χ2v) is 7.84. The Bertz CT molecular complexity index is 903. The Morgan fingerprint density at radius 3 is 2.58 bits per heavy atom. The van der Waals surface area contributed by atoms with E-state index >= 15 is 0 Å². The Labute approximate surface area is 184 Å². The van der Waals surface area contributed by atoms with Crippen LogP contribution in [0.2, 0.25) is 0 Å². The number of nitrogens with one attached hydrogen (secondary N) is 2. The lowest BCUT2D eigenvalue weighted by molar-refractivity contribution is -0.114. The van der Waals surface area contributed by atoms with Crippen LogP contribution in [0.15, 0.2) is 48.5 Å². The lowest BCUT2D eigenvalue weighted by atomic mass is 10.1. The van der Waals surface area contributed by atoms with Crippen LogP contribution in [-0.2, 0) is 4.79 Å². The van der Waals surface area contributed by atoms with Crippen LogP contribution in [0.5, 0.6) is 5.75 Å². The summed E-state index contributed by atoms with van der Waals surface area (Å²) < 4.78 is 5.35. The molecule has 0 aliphatic carbocycles. The summed E-state index contributed by atoms with van der Waals surface area (Å²) in [5.41, 5.74) is 2.49. The minimum Gasteiger partial charge on any atom is -0.494 e. The average molecular weight is 425 g/mol. The third-order valence-corrected chi connectivity index (χ3v) is 5.83. The molecular weight excluding hydrogens is 392 g/mol. The number of carbonyl (C=O) groups is 2. The molecule has 0 bridgehead atoms. The molecule has 1 aliphatic rings. The number of hydrogen-bond donors (Lipinski definition) is 2. The van der Waals surface area contributed by atoms with Crippen molar-refractivity contribution in [3.63, 3.8) is 0 Å². The molecule has 2 aromatic rings. The molecule has 1 heterocycles. The van der Waals surface area contributed by atoms with Crippen molar-refractivity contribution in [2.75, 3.05) is 37.4 Å². The van der Waals surface area contributed by atoms with Gasteiger partial charge in [0.1, 0.15) is 5.75 Å². The van der Waals surface area contributed by atoms with Crippen LogP contribution in [-0.4, -0.2) is 54.5 Å². The molecule has 0 saturated carbocycles. The fourth-order valence-electron chi connectivity index (χ4n) is 4.14. The molecule has 166 valence electrons. The molecule has 2 aromatic carbocycles. The fourth-order valence-corrected chi connectivity index (χ4v) is 4.14. The third kappa shape index (κ3) is 5.55. The van der Waals surface area contributed by atoms with Crippen molar-refractivity contribution in [2.24, 2.45) is 0 Å². The molecule has 7 heteroatoms. The second kappa shape index (κ2) is 10.3. The van der Waals surface area contributed by atoms with Gasteiger partial charge in [-0.15, -0.1) is 0 Å². The number of anilines is 2. The number of rotatable bonds is 7. The SMILES string of the molecule is CCN(C(=O)Nc1ccc(NC(C)=O)c(OC)c1)C1CCN(C(C)c2ccccc2)C1. The molecule has 1 aliphatic heterocycles. The molecule has 7 nitrogen and oxygen atoms in total. The maximum atomic E-state index is 13.0.